The summed E-state index contributed by atoms with van der Waals surface area (Å²) in [5, 5.41) is 28.8. The first-order valence-electron chi connectivity index (χ1n) is 12.4. The zero-order valence-electron chi connectivity index (χ0n) is 22.4. The number of Topliss-reactive ketones (excluding diaryl/α,β-unsaturated/α-hetero) is 1. The van der Waals surface area contributed by atoms with Crippen LogP contribution in [0.1, 0.15) is 60.3 Å². The molecule has 0 radical (unpaired) electrons. The van der Waals surface area contributed by atoms with Crippen molar-refractivity contribution in [2.45, 2.75) is 78.6 Å². The molecule has 0 aromatic carbocycles. The van der Waals surface area contributed by atoms with Gasteiger partial charge in [0, 0.05) is 6.42 Å². The molecular weight excluding hydrogens is 496 g/mol. The van der Waals surface area contributed by atoms with Gasteiger partial charge in [-0.15, -0.1) is 0 Å². The Kier molecular flexibility index (Phi) is 10.6. The topological polar surface area (TPSA) is 157 Å². The molecule has 0 spiro atoms. The van der Waals surface area contributed by atoms with Gasteiger partial charge in [-0.25, -0.2) is 4.79 Å². The Bertz CT molecular complexity index is 1100. The van der Waals surface area contributed by atoms with Crippen LogP contribution in [-0.4, -0.2) is 63.9 Å². The first-order valence-corrected chi connectivity index (χ1v) is 12.4. The number of cyclic esters (lactones) is 1. The molecule has 3 atom stereocenters. The van der Waals surface area contributed by atoms with Crippen LogP contribution in [0.5, 0.6) is 0 Å². The second-order valence-corrected chi connectivity index (χ2v) is 9.86. The third-order valence-corrected chi connectivity index (χ3v) is 6.25. The van der Waals surface area contributed by atoms with Crippen LogP contribution in [0, 0.1) is 5.41 Å². The molecule has 1 heterocycles. The second kappa shape index (κ2) is 13.2. The Hall–Kier alpha value is -3.66. The van der Waals surface area contributed by atoms with Gasteiger partial charge >= 0.3 is 17.9 Å². The first-order chi connectivity index (χ1) is 17.8. The molecule has 1 aliphatic heterocycles. The summed E-state index contributed by atoms with van der Waals surface area (Å²) in [6, 6.07) is 0. The van der Waals surface area contributed by atoms with E-state index in [9.17, 15) is 34.5 Å². The molecule has 0 aromatic heterocycles. The van der Waals surface area contributed by atoms with E-state index >= 15 is 0 Å². The maximum atomic E-state index is 12.9. The van der Waals surface area contributed by atoms with Crippen molar-refractivity contribution in [3.63, 3.8) is 0 Å². The lowest BCUT2D eigenvalue weighted by molar-refractivity contribution is -0.160. The number of carbonyl (C=O) groups excluding carboxylic acids is 4. The number of ketones is 1. The molecule has 0 aromatic rings. The van der Waals surface area contributed by atoms with Gasteiger partial charge in [0.1, 0.15) is 12.7 Å². The number of aliphatic hydroxyl groups excluding tert-OH is 3. The summed E-state index contributed by atoms with van der Waals surface area (Å²) in [7, 11) is 0. The van der Waals surface area contributed by atoms with E-state index in [2.05, 4.69) is 11.7 Å². The Morgan fingerprint density at radius 2 is 1.84 bits per heavy atom. The van der Waals surface area contributed by atoms with E-state index < -0.39 is 59.8 Å². The quantitative estimate of drug-likeness (QED) is 0.204. The van der Waals surface area contributed by atoms with Crippen LogP contribution >= 0.6 is 0 Å². The summed E-state index contributed by atoms with van der Waals surface area (Å²) in [5.41, 5.74) is 1.97. The monoisotopic (exact) mass is 532 g/mol. The Labute approximate surface area is 222 Å². The molecule has 208 valence electrons. The van der Waals surface area contributed by atoms with E-state index in [0.29, 0.717) is 5.57 Å². The first kappa shape index (κ1) is 30.6. The number of esters is 3. The molecule has 10 heteroatoms. The lowest BCUT2D eigenvalue weighted by Gasteiger charge is -2.36. The summed E-state index contributed by atoms with van der Waals surface area (Å²) in [6.07, 6.45) is 6.21. The van der Waals surface area contributed by atoms with Gasteiger partial charge in [-0.1, -0.05) is 56.7 Å². The third-order valence-electron chi connectivity index (χ3n) is 6.25. The van der Waals surface area contributed by atoms with Crippen molar-refractivity contribution in [1.82, 2.24) is 0 Å². The summed E-state index contributed by atoms with van der Waals surface area (Å²) in [4.78, 5) is 48.5. The number of ether oxygens (including phenoxy) is 3. The summed E-state index contributed by atoms with van der Waals surface area (Å²) in [6.45, 7) is 9.01. The minimum atomic E-state index is -1.62. The lowest BCUT2D eigenvalue weighted by atomic mass is 9.71. The van der Waals surface area contributed by atoms with Crippen molar-refractivity contribution in [2.24, 2.45) is 5.41 Å². The SMILES string of the molecule is CC/C=C/C=C(C)/C=C/C1=C(C)C(=O)C(OC(=O)CCC(=O)OC[C@H](O)[C@H]2OC(=O)C(O)=C2O)CC1(C)C. The standard InChI is InChI=1S/C28H36O10/c1-6-7-8-9-16(2)10-11-18-17(3)23(32)20(14-28(18,4)5)37-22(31)13-12-21(30)36-15-19(29)26-24(33)25(34)27(35)38-26/h7-11,19-20,26,29,33-34H,6,12-15H2,1-5H3/b8-7+,11-10+,16-9+/t19-,20?,26+/m0/s1. The number of allylic oxidation sites excluding steroid dienone is 7. The molecule has 0 bridgehead atoms. The molecular formula is C28H36O10. The van der Waals surface area contributed by atoms with Gasteiger partial charge in [0.25, 0.3) is 0 Å². The van der Waals surface area contributed by atoms with Gasteiger partial charge in [-0.05, 0) is 36.8 Å². The van der Waals surface area contributed by atoms with Crippen LogP contribution in [0.4, 0.5) is 0 Å². The molecule has 2 rings (SSSR count). The highest BCUT2D eigenvalue weighted by Crippen LogP contribution is 2.40. The summed E-state index contributed by atoms with van der Waals surface area (Å²) in [5.74, 6) is -4.99. The highest BCUT2D eigenvalue weighted by Gasteiger charge is 2.41. The molecule has 3 N–H and O–H groups in total. The summed E-state index contributed by atoms with van der Waals surface area (Å²) >= 11 is 0. The molecule has 2 aliphatic rings. The minimum Gasteiger partial charge on any atom is -0.505 e. The van der Waals surface area contributed by atoms with E-state index in [1.54, 1.807) is 6.92 Å². The third kappa shape index (κ3) is 7.92. The predicted octanol–water partition coefficient (Wildman–Crippen LogP) is 3.62. The van der Waals surface area contributed by atoms with E-state index in [0.717, 1.165) is 17.6 Å². The smallest absolute Gasteiger partial charge is 0.377 e. The van der Waals surface area contributed by atoms with Crippen LogP contribution in [0.25, 0.3) is 0 Å². The van der Waals surface area contributed by atoms with Crippen molar-refractivity contribution in [3.8, 4) is 0 Å². The fourth-order valence-corrected chi connectivity index (χ4v) is 4.11. The van der Waals surface area contributed by atoms with Crippen molar-refractivity contribution < 1.29 is 48.7 Å². The number of hydrogen-bond donors (Lipinski definition) is 3. The maximum absolute atomic E-state index is 12.9. The minimum absolute atomic E-state index is 0.285. The molecule has 0 saturated carbocycles. The van der Waals surface area contributed by atoms with Gasteiger partial charge < -0.3 is 29.5 Å². The normalized spacial score (nSPS) is 22.8. The van der Waals surface area contributed by atoms with Gasteiger partial charge in [0.2, 0.25) is 5.76 Å². The second-order valence-electron chi connectivity index (χ2n) is 9.86. The van der Waals surface area contributed by atoms with Gasteiger partial charge in [-0.2, -0.15) is 0 Å². The number of carbonyl (C=O) groups is 4. The number of rotatable bonds is 11. The van der Waals surface area contributed by atoms with Gasteiger partial charge in [0.15, 0.2) is 23.8 Å². The molecule has 1 aliphatic carbocycles. The zero-order valence-corrected chi connectivity index (χ0v) is 22.4. The number of hydrogen-bond acceptors (Lipinski definition) is 10. The van der Waals surface area contributed by atoms with Gasteiger partial charge in [0.05, 0.1) is 12.8 Å². The van der Waals surface area contributed by atoms with E-state index in [-0.39, 0.29) is 25.0 Å². The van der Waals surface area contributed by atoms with E-state index in [1.165, 1.54) is 0 Å². The largest absolute Gasteiger partial charge is 0.505 e. The highest BCUT2D eigenvalue weighted by molar-refractivity contribution is 6.01. The van der Waals surface area contributed by atoms with Crippen molar-refractivity contribution in [2.75, 3.05) is 6.61 Å². The van der Waals surface area contributed by atoms with E-state index in [4.69, 9.17) is 9.47 Å². The Morgan fingerprint density at radius 3 is 2.45 bits per heavy atom. The lowest BCUT2D eigenvalue weighted by Crippen LogP contribution is -2.39. The van der Waals surface area contributed by atoms with Crippen LogP contribution in [0.15, 0.2) is 58.6 Å². The zero-order chi connectivity index (χ0) is 28.6. The van der Waals surface area contributed by atoms with Crippen LogP contribution in [-0.2, 0) is 33.4 Å². The van der Waals surface area contributed by atoms with Crippen LogP contribution in [0.2, 0.25) is 0 Å². The highest BCUT2D eigenvalue weighted by atomic mass is 16.6. The molecule has 0 amide bonds. The predicted molar refractivity (Wildman–Crippen MR) is 137 cm³/mol. The maximum Gasteiger partial charge on any atom is 0.377 e. The molecule has 1 unspecified atom stereocenters. The van der Waals surface area contributed by atoms with Crippen LogP contribution < -0.4 is 0 Å². The van der Waals surface area contributed by atoms with Crippen molar-refractivity contribution >= 4 is 23.7 Å². The number of aliphatic hydroxyl groups is 3. The molecule has 10 nitrogen and oxygen atoms in total. The average molecular weight is 533 g/mol. The Balaban J connectivity index is 1.90. The van der Waals surface area contributed by atoms with Crippen molar-refractivity contribution in [3.05, 3.63) is 58.6 Å². The van der Waals surface area contributed by atoms with Gasteiger partial charge in [-0.3, -0.25) is 14.4 Å². The average Bonchev–Trinajstić information content (AvgIpc) is 3.11. The molecule has 0 fully saturated rings. The summed E-state index contributed by atoms with van der Waals surface area (Å²) < 4.78 is 14.8. The Morgan fingerprint density at radius 1 is 1.18 bits per heavy atom. The fraction of sp³-hybridized carbons (Fsp3) is 0.500. The molecule has 38 heavy (non-hydrogen) atoms. The van der Waals surface area contributed by atoms with Crippen LogP contribution in [0.3, 0.4) is 0 Å². The van der Waals surface area contributed by atoms with E-state index in [1.807, 2.05) is 51.2 Å². The fourth-order valence-electron chi connectivity index (χ4n) is 4.11. The molecule has 0 saturated heterocycles. The van der Waals surface area contributed by atoms with Crippen molar-refractivity contribution in [1.29, 1.82) is 0 Å².